The first-order chi connectivity index (χ1) is 16.9. The molecule has 1 aliphatic rings. The lowest BCUT2D eigenvalue weighted by atomic mass is 10.1. The van der Waals surface area contributed by atoms with Crippen LogP contribution in [0.2, 0.25) is 0 Å². The van der Waals surface area contributed by atoms with Crippen molar-refractivity contribution in [1.82, 2.24) is 14.8 Å². The number of anilines is 1. The first-order valence-corrected chi connectivity index (χ1v) is 13.1. The number of nitrogens with one attached hydrogen (secondary N) is 1. The number of thioether (sulfide) groups is 1. The average molecular weight is 513 g/mol. The lowest BCUT2D eigenvalue weighted by molar-refractivity contribution is -0.113. The summed E-state index contributed by atoms with van der Waals surface area (Å²) in [5, 5.41) is 12.6. The number of fused-ring (bicyclic) bond motifs is 1. The molecule has 0 spiro atoms. The normalized spacial score (nSPS) is 12.3. The van der Waals surface area contributed by atoms with Gasteiger partial charge in [0.1, 0.15) is 17.4 Å². The summed E-state index contributed by atoms with van der Waals surface area (Å²) in [6.45, 7) is 8.61. The first-order valence-electron chi connectivity index (χ1n) is 11.3. The van der Waals surface area contributed by atoms with Crippen LogP contribution in [-0.4, -0.2) is 39.5 Å². The number of benzene rings is 1. The molecule has 0 bridgehead atoms. The fraction of sp³-hybridized carbons (Fsp3) is 0.360. The number of hydrogen-bond donors (Lipinski definition) is 1. The van der Waals surface area contributed by atoms with Gasteiger partial charge in [-0.15, -0.1) is 28.1 Å². The topological polar surface area (TPSA) is 95.3 Å². The Bertz CT molecular complexity index is 1260. The summed E-state index contributed by atoms with van der Waals surface area (Å²) in [6, 6.07) is 6.02. The van der Waals surface area contributed by atoms with Gasteiger partial charge >= 0.3 is 5.97 Å². The molecular formula is C25H28N4O4S2. The van der Waals surface area contributed by atoms with Gasteiger partial charge in [0.25, 0.3) is 0 Å². The monoisotopic (exact) mass is 512 g/mol. The van der Waals surface area contributed by atoms with E-state index in [0.29, 0.717) is 28.1 Å². The predicted octanol–water partition coefficient (Wildman–Crippen LogP) is 4.73. The summed E-state index contributed by atoms with van der Waals surface area (Å²) in [5.41, 5.74) is 3.72. The molecule has 2 aromatic heterocycles. The summed E-state index contributed by atoms with van der Waals surface area (Å²) in [7, 11) is 1.36. The highest BCUT2D eigenvalue weighted by molar-refractivity contribution is 7.99. The van der Waals surface area contributed by atoms with Crippen molar-refractivity contribution in [3.05, 3.63) is 63.8 Å². The van der Waals surface area contributed by atoms with Crippen LogP contribution in [-0.2, 0) is 35.5 Å². The van der Waals surface area contributed by atoms with Gasteiger partial charge in [-0.1, -0.05) is 35.5 Å². The third-order valence-electron chi connectivity index (χ3n) is 5.69. The minimum atomic E-state index is -0.411. The Morgan fingerprint density at radius 2 is 2.11 bits per heavy atom. The van der Waals surface area contributed by atoms with Gasteiger partial charge in [-0.05, 0) is 50.3 Å². The Labute approximate surface area is 212 Å². The predicted molar refractivity (Wildman–Crippen MR) is 138 cm³/mol. The van der Waals surface area contributed by atoms with Crippen LogP contribution in [0.15, 0.2) is 36.0 Å². The molecule has 35 heavy (non-hydrogen) atoms. The molecule has 1 aliphatic carbocycles. The third kappa shape index (κ3) is 5.59. The van der Waals surface area contributed by atoms with Gasteiger partial charge in [-0.3, -0.25) is 9.36 Å². The van der Waals surface area contributed by atoms with Crippen molar-refractivity contribution >= 4 is 40.0 Å². The van der Waals surface area contributed by atoms with E-state index >= 15 is 0 Å². The zero-order valence-corrected chi connectivity index (χ0v) is 21.7. The van der Waals surface area contributed by atoms with Gasteiger partial charge < -0.3 is 14.8 Å². The first kappa shape index (κ1) is 25.0. The Morgan fingerprint density at radius 1 is 1.29 bits per heavy atom. The molecular weight excluding hydrogens is 484 g/mol. The summed E-state index contributed by atoms with van der Waals surface area (Å²) < 4.78 is 12.8. The smallest absolute Gasteiger partial charge is 0.341 e. The van der Waals surface area contributed by atoms with Crippen molar-refractivity contribution in [3.8, 4) is 5.75 Å². The van der Waals surface area contributed by atoms with Crippen LogP contribution in [0.3, 0.4) is 0 Å². The number of thiophene rings is 1. The van der Waals surface area contributed by atoms with Crippen molar-refractivity contribution in [3.63, 3.8) is 0 Å². The van der Waals surface area contributed by atoms with Crippen LogP contribution in [0.25, 0.3) is 0 Å². The summed E-state index contributed by atoms with van der Waals surface area (Å²) in [5.74, 6) is 0.931. The number of allylic oxidation sites excluding steroid dienone is 1. The number of aromatic nitrogens is 3. The number of esters is 1. The van der Waals surface area contributed by atoms with E-state index in [4.69, 9.17) is 9.47 Å². The van der Waals surface area contributed by atoms with Gasteiger partial charge in [0, 0.05) is 11.4 Å². The van der Waals surface area contributed by atoms with E-state index in [-0.39, 0.29) is 18.3 Å². The van der Waals surface area contributed by atoms with Crippen molar-refractivity contribution in [2.45, 2.75) is 51.4 Å². The number of carbonyl (C=O) groups is 2. The summed E-state index contributed by atoms with van der Waals surface area (Å²) in [6.07, 6.45) is 4.53. The number of ether oxygens (including phenoxy) is 2. The lowest BCUT2D eigenvalue weighted by Crippen LogP contribution is -2.17. The molecule has 0 atom stereocenters. The molecule has 1 aromatic carbocycles. The number of aryl methyl sites for hydroxylation is 3. The molecule has 184 valence electrons. The molecule has 10 heteroatoms. The van der Waals surface area contributed by atoms with Crippen LogP contribution in [0.5, 0.6) is 5.75 Å². The molecule has 4 rings (SSSR count). The minimum absolute atomic E-state index is 0.121. The van der Waals surface area contributed by atoms with Gasteiger partial charge in [0.15, 0.2) is 11.0 Å². The van der Waals surface area contributed by atoms with E-state index in [9.17, 15) is 9.59 Å². The van der Waals surface area contributed by atoms with Crippen LogP contribution < -0.4 is 10.1 Å². The van der Waals surface area contributed by atoms with Gasteiger partial charge in [0.05, 0.1) is 18.4 Å². The molecule has 0 saturated carbocycles. The molecule has 1 N–H and O–H groups in total. The van der Waals surface area contributed by atoms with Gasteiger partial charge in [0.2, 0.25) is 5.91 Å². The fourth-order valence-electron chi connectivity index (χ4n) is 4.05. The number of amides is 1. The molecule has 3 aromatic rings. The molecule has 8 nitrogen and oxygen atoms in total. The summed E-state index contributed by atoms with van der Waals surface area (Å²) >= 11 is 2.73. The maximum absolute atomic E-state index is 12.7. The molecule has 0 saturated heterocycles. The highest BCUT2D eigenvalue weighted by Crippen LogP contribution is 2.39. The second-order valence-corrected chi connectivity index (χ2v) is 10.3. The number of rotatable bonds is 10. The second kappa shape index (κ2) is 11.1. The second-order valence-electron chi connectivity index (χ2n) is 8.25. The zero-order valence-electron chi connectivity index (χ0n) is 20.1. The van der Waals surface area contributed by atoms with Crippen LogP contribution >= 0.6 is 23.1 Å². The van der Waals surface area contributed by atoms with E-state index in [1.165, 1.54) is 35.8 Å². The highest BCUT2D eigenvalue weighted by atomic mass is 32.2. The maximum Gasteiger partial charge on any atom is 0.341 e. The van der Waals surface area contributed by atoms with E-state index < -0.39 is 5.97 Å². The lowest BCUT2D eigenvalue weighted by Gasteiger charge is -2.11. The molecule has 2 heterocycles. The SMILES string of the molecule is C=CCn1c(COc2ccc(C)cc2C)nnc1SCC(=O)Nc1sc2c(c1C(=O)OC)CCC2. The third-order valence-corrected chi connectivity index (χ3v) is 7.86. The Morgan fingerprint density at radius 3 is 2.86 bits per heavy atom. The van der Waals surface area contributed by atoms with Crippen molar-refractivity contribution in [2.24, 2.45) is 0 Å². The zero-order chi connectivity index (χ0) is 24.9. The number of hydrogen-bond acceptors (Lipinski definition) is 8. The van der Waals surface area contributed by atoms with E-state index in [0.717, 1.165) is 41.0 Å². The molecule has 0 aliphatic heterocycles. The summed E-state index contributed by atoms with van der Waals surface area (Å²) in [4.78, 5) is 26.2. The Hall–Kier alpha value is -3.11. The number of methoxy groups -OCH3 is 1. The van der Waals surface area contributed by atoms with Gasteiger partial charge in [-0.25, -0.2) is 4.79 Å². The maximum atomic E-state index is 12.7. The van der Waals surface area contributed by atoms with Crippen LogP contribution in [0.1, 0.15) is 44.2 Å². The van der Waals surface area contributed by atoms with Crippen molar-refractivity contribution < 1.29 is 19.1 Å². The Kier molecular flexibility index (Phi) is 7.92. The molecule has 0 radical (unpaired) electrons. The van der Waals surface area contributed by atoms with Gasteiger partial charge in [-0.2, -0.15) is 0 Å². The van der Waals surface area contributed by atoms with E-state index in [1.807, 2.05) is 30.5 Å². The molecule has 1 amide bonds. The molecule has 0 unspecified atom stereocenters. The van der Waals surface area contributed by atoms with E-state index in [2.05, 4.69) is 28.2 Å². The minimum Gasteiger partial charge on any atom is -0.485 e. The van der Waals surface area contributed by atoms with Crippen LogP contribution in [0.4, 0.5) is 5.00 Å². The standard InChI is InChI=1S/C25H28N4O4S2/c1-5-11-29-20(13-33-18-10-9-15(2)12-16(18)3)27-28-25(29)34-14-21(30)26-23-22(24(31)32-4)17-7-6-8-19(17)35-23/h5,9-10,12H,1,6-8,11,13-14H2,2-4H3,(H,26,30). The van der Waals surface area contributed by atoms with Crippen LogP contribution in [0, 0.1) is 13.8 Å². The highest BCUT2D eigenvalue weighted by Gasteiger charge is 2.28. The molecule has 0 fully saturated rings. The van der Waals surface area contributed by atoms with Crippen molar-refractivity contribution in [2.75, 3.05) is 18.2 Å². The van der Waals surface area contributed by atoms with E-state index in [1.54, 1.807) is 6.08 Å². The Balaban J connectivity index is 1.42. The van der Waals surface area contributed by atoms with Crippen molar-refractivity contribution in [1.29, 1.82) is 0 Å². The fourth-order valence-corrected chi connectivity index (χ4v) is 6.11. The number of carbonyl (C=O) groups excluding carboxylic acids is 2. The number of nitrogens with zero attached hydrogens (tertiary/aromatic N) is 3. The quantitative estimate of drug-likeness (QED) is 0.238. The average Bonchev–Trinajstić information content (AvgIpc) is 3.52. The largest absolute Gasteiger partial charge is 0.485 e.